The van der Waals surface area contributed by atoms with Gasteiger partial charge >= 0.3 is 13.8 Å². The third-order valence-corrected chi connectivity index (χ3v) is 11.4. The SMILES string of the molecule is CC/C=C\C/C=C\C/C=C\C/C=C\C/C=C\CCCCCC(=O)NCCOP(=O)(O)OCC(O)COC(=O)CCCCCCCCCCCCCCCCCCCCCCC. The van der Waals surface area contributed by atoms with Crippen LogP contribution in [-0.2, 0) is 27.9 Å². The number of phosphoric ester groups is 1. The van der Waals surface area contributed by atoms with Gasteiger partial charge < -0.3 is 20.1 Å². The van der Waals surface area contributed by atoms with Gasteiger partial charge in [0.15, 0.2) is 0 Å². The maximum Gasteiger partial charge on any atom is 0.472 e. The maximum absolute atomic E-state index is 12.1. The van der Waals surface area contributed by atoms with Crippen molar-refractivity contribution in [3.05, 3.63) is 60.8 Å². The van der Waals surface area contributed by atoms with E-state index in [1.165, 1.54) is 116 Å². The Balaban J connectivity index is 3.60. The standard InChI is InChI=1S/C51H92NO8P/c1-3-5-7-9-11-13-15-17-19-21-23-24-26-28-30-32-34-36-38-40-42-44-51(55)58-47-49(53)48-60-61(56,57)59-46-45-52-50(54)43-41-39-37-35-33-31-29-27-25-22-20-18-16-14-12-10-8-6-4-2/h6,8,12,14,18,20,25,27,31,33,49,53H,3-5,7,9-11,13,15-17,19,21-24,26,28-30,32,34-48H2,1-2H3,(H,52,54)(H,56,57)/b8-6-,14-12-,20-18-,27-25-,33-31-. The normalized spacial score (nSPS) is 13.7. The van der Waals surface area contributed by atoms with E-state index in [9.17, 15) is 24.2 Å². The van der Waals surface area contributed by atoms with Crippen LogP contribution in [0.15, 0.2) is 60.8 Å². The molecule has 2 unspecified atom stereocenters. The van der Waals surface area contributed by atoms with Crippen molar-refractivity contribution in [3.8, 4) is 0 Å². The van der Waals surface area contributed by atoms with E-state index in [-0.39, 0.29) is 32.1 Å². The average molecular weight is 878 g/mol. The average Bonchev–Trinajstić information content (AvgIpc) is 3.25. The number of carbonyl (C=O) groups excluding carboxylic acids is 2. The Morgan fingerprint density at radius 1 is 0.525 bits per heavy atom. The second-order valence-electron chi connectivity index (χ2n) is 16.4. The number of hydrogen-bond acceptors (Lipinski definition) is 7. The van der Waals surface area contributed by atoms with Gasteiger partial charge in [0.05, 0.1) is 13.2 Å². The van der Waals surface area contributed by atoms with Crippen LogP contribution in [0.2, 0.25) is 0 Å². The van der Waals surface area contributed by atoms with Gasteiger partial charge in [-0.2, -0.15) is 0 Å². The van der Waals surface area contributed by atoms with Gasteiger partial charge in [-0.1, -0.05) is 209 Å². The first-order valence-corrected chi connectivity index (χ1v) is 26.3. The molecule has 0 saturated heterocycles. The summed E-state index contributed by atoms with van der Waals surface area (Å²) in [5.41, 5.74) is 0. The Kier molecular flexibility index (Phi) is 45.4. The molecule has 0 saturated carbocycles. The molecule has 0 spiro atoms. The highest BCUT2D eigenvalue weighted by molar-refractivity contribution is 7.47. The summed E-state index contributed by atoms with van der Waals surface area (Å²) in [5.74, 6) is -0.545. The number of hydrogen-bond donors (Lipinski definition) is 3. The molecule has 1 amide bonds. The van der Waals surface area contributed by atoms with Gasteiger partial charge in [-0.3, -0.25) is 18.6 Å². The molecule has 0 aliphatic heterocycles. The Morgan fingerprint density at radius 2 is 0.934 bits per heavy atom. The molecule has 0 aromatic carbocycles. The van der Waals surface area contributed by atoms with E-state index in [1.54, 1.807) is 0 Å². The van der Waals surface area contributed by atoms with Crippen molar-refractivity contribution in [3.63, 3.8) is 0 Å². The van der Waals surface area contributed by atoms with Crippen LogP contribution < -0.4 is 5.32 Å². The number of amides is 1. The second-order valence-corrected chi connectivity index (χ2v) is 17.9. The molecule has 0 bridgehead atoms. The number of nitrogens with one attached hydrogen (secondary N) is 1. The number of allylic oxidation sites excluding steroid dienone is 10. The predicted molar refractivity (Wildman–Crippen MR) is 256 cm³/mol. The first-order valence-electron chi connectivity index (χ1n) is 24.8. The van der Waals surface area contributed by atoms with Crippen LogP contribution in [0.5, 0.6) is 0 Å². The summed E-state index contributed by atoms with van der Waals surface area (Å²) < 4.78 is 27.0. The van der Waals surface area contributed by atoms with Crippen LogP contribution >= 0.6 is 7.82 Å². The number of aliphatic hydroxyl groups is 1. The zero-order valence-electron chi connectivity index (χ0n) is 39.1. The van der Waals surface area contributed by atoms with Gasteiger partial charge in [0.2, 0.25) is 5.91 Å². The molecule has 2 atom stereocenters. The fourth-order valence-corrected chi connectivity index (χ4v) is 7.52. The lowest BCUT2D eigenvalue weighted by Crippen LogP contribution is -2.27. The Hall–Kier alpha value is -2.29. The quantitative estimate of drug-likeness (QED) is 0.0238. The minimum atomic E-state index is -4.43. The van der Waals surface area contributed by atoms with Crippen molar-refractivity contribution >= 4 is 19.7 Å². The smallest absolute Gasteiger partial charge is 0.463 e. The number of unbranched alkanes of at least 4 members (excludes halogenated alkanes) is 23. The molecule has 0 aromatic rings. The molecule has 0 heterocycles. The summed E-state index contributed by atoms with van der Waals surface area (Å²) in [4.78, 5) is 34.0. The molecule has 61 heavy (non-hydrogen) atoms. The maximum atomic E-state index is 12.1. The number of rotatable bonds is 46. The van der Waals surface area contributed by atoms with Gasteiger partial charge in [0.25, 0.3) is 0 Å². The van der Waals surface area contributed by atoms with Crippen molar-refractivity contribution in [1.82, 2.24) is 5.32 Å². The number of aliphatic hydroxyl groups excluding tert-OH is 1. The fourth-order valence-electron chi connectivity index (χ4n) is 6.76. The van der Waals surface area contributed by atoms with Crippen LogP contribution in [-0.4, -0.2) is 54.3 Å². The zero-order chi connectivity index (χ0) is 44.6. The molecule has 0 aliphatic rings. The third kappa shape index (κ3) is 48.6. The molecular formula is C51H92NO8P. The monoisotopic (exact) mass is 878 g/mol. The predicted octanol–water partition coefficient (Wildman–Crippen LogP) is 14.4. The minimum absolute atomic E-state index is 0.0620. The molecular weight excluding hydrogens is 786 g/mol. The molecule has 0 rings (SSSR count). The fraction of sp³-hybridized carbons (Fsp3) is 0.765. The van der Waals surface area contributed by atoms with Crippen LogP contribution in [0.4, 0.5) is 0 Å². The van der Waals surface area contributed by atoms with Gasteiger partial charge in [-0.25, -0.2) is 4.57 Å². The molecule has 3 N–H and O–H groups in total. The van der Waals surface area contributed by atoms with Crippen molar-refractivity contribution < 1.29 is 37.9 Å². The molecule has 10 heteroatoms. The largest absolute Gasteiger partial charge is 0.472 e. The van der Waals surface area contributed by atoms with E-state index < -0.39 is 26.5 Å². The summed E-state index contributed by atoms with van der Waals surface area (Å²) in [7, 11) is -4.43. The first kappa shape index (κ1) is 58.7. The molecule has 0 aliphatic carbocycles. The van der Waals surface area contributed by atoms with E-state index in [0.29, 0.717) is 6.42 Å². The highest BCUT2D eigenvalue weighted by atomic mass is 31.2. The van der Waals surface area contributed by atoms with Gasteiger partial charge in [0.1, 0.15) is 12.7 Å². The highest BCUT2D eigenvalue weighted by Crippen LogP contribution is 2.42. The van der Waals surface area contributed by atoms with Crippen LogP contribution in [0.25, 0.3) is 0 Å². The molecule has 0 aromatic heterocycles. The summed E-state index contributed by atoms with van der Waals surface area (Å²) >= 11 is 0. The number of carbonyl (C=O) groups is 2. The topological polar surface area (TPSA) is 131 Å². The van der Waals surface area contributed by atoms with E-state index in [0.717, 1.165) is 77.0 Å². The van der Waals surface area contributed by atoms with Gasteiger partial charge in [-0.15, -0.1) is 0 Å². The number of esters is 1. The van der Waals surface area contributed by atoms with Gasteiger partial charge in [-0.05, 0) is 57.8 Å². The molecule has 354 valence electrons. The Bertz CT molecular complexity index is 1180. The Labute approximate surface area is 374 Å². The Morgan fingerprint density at radius 3 is 1.41 bits per heavy atom. The van der Waals surface area contributed by atoms with Gasteiger partial charge in [0, 0.05) is 19.4 Å². The van der Waals surface area contributed by atoms with E-state index in [4.69, 9.17) is 13.8 Å². The van der Waals surface area contributed by atoms with Crippen molar-refractivity contribution in [2.75, 3.05) is 26.4 Å². The second kappa shape index (κ2) is 47.2. The summed E-state index contributed by atoms with van der Waals surface area (Å²) in [6, 6.07) is 0. The van der Waals surface area contributed by atoms with Crippen LogP contribution in [0.1, 0.15) is 219 Å². The lowest BCUT2D eigenvalue weighted by atomic mass is 10.0. The van der Waals surface area contributed by atoms with Crippen molar-refractivity contribution in [2.24, 2.45) is 0 Å². The van der Waals surface area contributed by atoms with Crippen molar-refractivity contribution in [2.45, 2.75) is 225 Å². The van der Waals surface area contributed by atoms with E-state index in [2.05, 4.69) is 79.9 Å². The summed E-state index contributed by atoms with van der Waals surface area (Å²) in [6.45, 7) is 3.42. The van der Waals surface area contributed by atoms with E-state index >= 15 is 0 Å². The minimum Gasteiger partial charge on any atom is -0.463 e. The number of ether oxygens (including phenoxy) is 1. The highest BCUT2D eigenvalue weighted by Gasteiger charge is 2.23. The summed E-state index contributed by atoms with van der Waals surface area (Å²) in [5, 5.41) is 12.7. The lowest BCUT2D eigenvalue weighted by molar-refractivity contribution is -0.147. The van der Waals surface area contributed by atoms with Crippen molar-refractivity contribution in [1.29, 1.82) is 0 Å². The summed E-state index contributed by atoms with van der Waals surface area (Å²) in [6.07, 6.45) is 57.3. The van der Waals surface area contributed by atoms with Crippen LogP contribution in [0.3, 0.4) is 0 Å². The lowest BCUT2D eigenvalue weighted by Gasteiger charge is -2.15. The molecule has 0 fully saturated rings. The molecule has 9 nitrogen and oxygen atoms in total. The molecule has 0 radical (unpaired) electrons. The van der Waals surface area contributed by atoms with Crippen LogP contribution in [0, 0.1) is 0 Å². The number of phosphoric acid groups is 1. The first-order chi connectivity index (χ1) is 29.8. The third-order valence-electron chi connectivity index (χ3n) is 10.5. The zero-order valence-corrected chi connectivity index (χ0v) is 40.0. The van der Waals surface area contributed by atoms with E-state index in [1.807, 2.05) is 0 Å².